The van der Waals surface area contributed by atoms with Crippen molar-refractivity contribution >= 4 is 0 Å². The zero-order valence-electron chi connectivity index (χ0n) is 7.25. The summed E-state index contributed by atoms with van der Waals surface area (Å²) in [7, 11) is 0. The maximum Gasteiger partial charge on any atom is 0.0625 e. The van der Waals surface area contributed by atoms with Crippen LogP contribution in [0.5, 0.6) is 0 Å². The average Bonchev–Trinajstić information content (AvgIpc) is 2.15. The molecule has 0 saturated heterocycles. The van der Waals surface area contributed by atoms with Crippen LogP contribution in [0.15, 0.2) is 18.3 Å². The first kappa shape index (κ1) is 8.73. The largest absolute Gasteiger partial charge is 0.261 e. The highest BCUT2D eigenvalue weighted by Crippen LogP contribution is 2.03. The van der Waals surface area contributed by atoms with Gasteiger partial charge in [-0.2, -0.15) is 5.26 Å². The number of rotatable bonds is 3. The van der Waals surface area contributed by atoms with Crippen LogP contribution >= 0.6 is 0 Å². The molecule has 0 amide bonds. The normalized spacial score (nSPS) is 9.33. The fourth-order valence-electron chi connectivity index (χ4n) is 1.01. The zero-order chi connectivity index (χ0) is 8.81. The molecule has 62 valence electrons. The highest BCUT2D eigenvalue weighted by atomic mass is 14.7. The van der Waals surface area contributed by atoms with Crippen LogP contribution < -0.4 is 0 Å². The minimum absolute atomic E-state index is 0.577. The van der Waals surface area contributed by atoms with Crippen LogP contribution in [-0.2, 0) is 12.8 Å². The van der Waals surface area contributed by atoms with E-state index < -0.39 is 0 Å². The van der Waals surface area contributed by atoms with Gasteiger partial charge in [-0.05, 0) is 24.5 Å². The molecule has 0 aliphatic heterocycles. The molecule has 0 aliphatic carbocycles. The van der Waals surface area contributed by atoms with E-state index in [0.717, 1.165) is 24.1 Å². The van der Waals surface area contributed by atoms with Gasteiger partial charge in [-0.3, -0.25) is 4.98 Å². The summed E-state index contributed by atoms with van der Waals surface area (Å²) in [6.45, 7) is 2.08. The van der Waals surface area contributed by atoms with Gasteiger partial charge in [0.05, 0.1) is 6.07 Å². The van der Waals surface area contributed by atoms with Crippen molar-refractivity contribution in [3.05, 3.63) is 29.6 Å². The average molecular weight is 160 g/mol. The smallest absolute Gasteiger partial charge is 0.0625 e. The van der Waals surface area contributed by atoms with Gasteiger partial charge in [-0.15, -0.1) is 0 Å². The highest BCUT2D eigenvalue weighted by Gasteiger charge is 1.93. The van der Waals surface area contributed by atoms with Crippen molar-refractivity contribution in [2.45, 2.75) is 26.2 Å². The van der Waals surface area contributed by atoms with E-state index in [1.165, 1.54) is 0 Å². The number of nitriles is 1. The highest BCUT2D eigenvalue weighted by molar-refractivity contribution is 5.14. The first-order valence-electron chi connectivity index (χ1n) is 4.17. The van der Waals surface area contributed by atoms with Crippen LogP contribution in [0.2, 0.25) is 0 Å². The Morgan fingerprint density at radius 2 is 2.33 bits per heavy atom. The zero-order valence-corrected chi connectivity index (χ0v) is 7.25. The molecule has 1 aromatic rings. The molecule has 1 aromatic heterocycles. The molecule has 0 atom stereocenters. The Bertz CT molecular complexity index is 269. The van der Waals surface area contributed by atoms with E-state index in [4.69, 9.17) is 5.26 Å². The first-order chi connectivity index (χ1) is 5.86. The second-order valence-electron chi connectivity index (χ2n) is 2.67. The summed E-state index contributed by atoms with van der Waals surface area (Å²) in [5.74, 6) is 0. The van der Waals surface area contributed by atoms with E-state index >= 15 is 0 Å². The molecule has 1 heterocycles. The van der Waals surface area contributed by atoms with E-state index in [9.17, 15) is 0 Å². The Hall–Kier alpha value is -1.36. The molecule has 0 N–H and O–H groups in total. The SMILES string of the molecule is CCc1ccc(CCC#N)cn1. The van der Waals surface area contributed by atoms with E-state index in [2.05, 4.69) is 18.0 Å². The Labute approximate surface area is 72.9 Å². The Morgan fingerprint density at radius 1 is 1.50 bits per heavy atom. The van der Waals surface area contributed by atoms with Gasteiger partial charge in [0, 0.05) is 18.3 Å². The molecule has 0 radical (unpaired) electrons. The van der Waals surface area contributed by atoms with Gasteiger partial charge in [0.2, 0.25) is 0 Å². The molecule has 0 aliphatic rings. The lowest BCUT2D eigenvalue weighted by Crippen LogP contribution is -1.89. The van der Waals surface area contributed by atoms with Crippen LogP contribution in [0.4, 0.5) is 0 Å². The predicted molar refractivity (Wildman–Crippen MR) is 47.5 cm³/mol. The monoisotopic (exact) mass is 160 g/mol. The van der Waals surface area contributed by atoms with Crippen molar-refractivity contribution in [1.29, 1.82) is 5.26 Å². The van der Waals surface area contributed by atoms with E-state index in [1.807, 2.05) is 18.3 Å². The number of hydrogen-bond acceptors (Lipinski definition) is 2. The molecule has 12 heavy (non-hydrogen) atoms. The fraction of sp³-hybridized carbons (Fsp3) is 0.400. The summed E-state index contributed by atoms with van der Waals surface area (Å²) in [6, 6.07) is 6.18. The van der Waals surface area contributed by atoms with E-state index in [1.54, 1.807) is 0 Å². The second-order valence-corrected chi connectivity index (χ2v) is 2.67. The molecule has 2 nitrogen and oxygen atoms in total. The lowest BCUT2D eigenvalue weighted by atomic mass is 10.1. The minimum atomic E-state index is 0.577. The summed E-state index contributed by atoms with van der Waals surface area (Å²) >= 11 is 0. The van der Waals surface area contributed by atoms with Crippen molar-refractivity contribution in [2.75, 3.05) is 0 Å². The third kappa shape index (κ3) is 2.35. The molecule has 0 unspecified atom stereocenters. The molecular formula is C10H12N2. The van der Waals surface area contributed by atoms with Crippen molar-refractivity contribution < 1.29 is 0 Å². The summed E-state index contributed by atoms with van der Waals surface area (Å²) in [4.78, 5) is 4.24. The topological polar surface area (TPSA) is 36.7 Å². The number of aromatic nitrogens is 1. The van der Waals surface area contributed by atoms with E-state index in [-0.39, 0.29) is 0 Å². The number of pyridine rings is 1. The predicted octanol–water partition coefficient (Wildman–Crippen LogP) is 2.10. The van der Waals surface area contributed by atoms with Crippen LogP contribution in [0, 0.1) is 11.3 Å². The molecule has 0 aromatic carbocycles. The van der Waals surface area contributed by atoms with Gasteiger partial charge >= 0.3 is 0 Å². The van der Waals surface area contributed by atoms with Crippen LogP contribution in [0.25, 0.3) is 0 Å². The van der Waals surface area contributed by atoms with Gasteiger partial charge in [-0.1, -0.05) is 13.0 Å². The van der Waals surface area contributed by atoms with Crippen LogP contribution in [-0.4, -0.2) is 4.98 Å². The second kappa shape index (κ2) is 4.50. The molecular weight excluding hydrogens is 148 g/mol. The number of hydrogen-bond donors (Lipinski definition) is 0. The lowest BCUT2D eigenvalue weighted by molar-refractivity contribution is 0.966. The van der Waals surface area contributed by atoms with Crippen molar-refractivity contribution in [1.82, 2.24) is 4.98 Å². The van der Waals surface area contributed by atoms with Gasteiger partial charge in [0.15, 0.2) is 0 Å². The van der Waals surface area contributed by atoms with Gasteiger partial charge in [0.1, 0.15) is 0 Å². The summed E-state index contributed by atoms with van der Waals surface area (Å²) in [6.07, 6.45) is 4.22. The van der Waals surface area contributed by atoms with Crippen molar-refractivity contribution in [2.24, 2.45) is 0 Å². The quantitative estimate of drug-likeness (QED) is 0.679. The molecule has 0 fully saturated rings. The minimum Gasteiger partial charge on any atom is -0.261 e. The third-order valence-electron chi connectivity index (χ3n) is 1.77. The standard InChI is InChI=1S/C10H12N2/c1-2-10-6-5-9(8-12-10)4-3-7-11/h5-6,8H,2-4H2,1H3. The van der Waals surface area contributed by atoms with Crippen molar-refractivity contribution in [3.8, 4) is 6.07 Å². The maximum absolute atomic E-state index is 8.36. The first-order valence-corrected chi connectivity index (χ1v) is 4.17. The fourth-order valence-corrected chi connectivity index (χ4v) is 1.01. The van der Waals surface area contributed by atoms with Gasteiger partial charge in [-0.25, -0.2) is 0 Å². The Kier molecular flexibility index (Phi) is 3.28. The molecule has 1 rings (SSSR count). The summed E-state index contributed by atoms with van der Waals surface area (Å²) in [5.41, 5.74) is 2.25. The molecule has 2 heteroatoms. The van der Waals surface area contributed by atoms with Gasteiger partial charge < -0.3 is 0 Å². The summed E-state index contributed by atoms with van der Waals surface area (Å²) in [5, 5.41) is 8.36. The maximum atomic E-state index is 8.36. The Morgan fingerprint density at radius 3 is 2.83 bits per heavy atom. The molecule has 0 spiro atoms. The van der Waals surface area contributed by atoms with E-state index in [0.29, 0.717) is 6.42 Å². The third-order valence-corrected chi connectivity index (χ3v) is 1.77. The summed E-state index contributed by atoms with van der Waals surface area (Å²) < 4.78 is 0. The Balaban J connectivity index is 2.60. The number of nitrogens with zero attached hydrogens (tertiary/aromatic N) is 2. The lowest BCUT2D eigenvalue weighted by Gasteiger charge is -1.97. The van der Waals surface area contributed by atoms with Crippen LogP contribution in [0.3, 0.4) is 0 Å². The van der Waals surface area contributed by atoms with Crippen molar-refractivity contribution in [3.63, 3.8) is 0 Å². The molecule has 0 saturated carbocycles. The number of aryl methyl sites for hydroxylation is 2. The van der Waals surface area contributed by atoms with Gasteiger partial charge in [0.25, 0.3) is 0 Å². The molecule has 0 bridgehead atoms. The van der Waals surface area contributed by atoms with Crippen LogP contribution in [0.1, 0.15) is 24.6 Å².